The van der Waals surface area contributed by atoms with Crippen molar-refractivity contribution in [3.05, 3.63) is 47.2 Å². The summed E-state index contributed by atoms with van der Waals surface area (Å²) < 4.78 is 6.96. The van der Waals surface area contributed by atoms with Gasteiger partial charge in [-0.2, -0.15) is 9.97 Å². The van der Waals surface area contributed by atoms with E-state index in [9.17, 15) is 4.79 Å². The van der Waals surface area contributed by atoms with Crippen LogP contribution in [-0.4, -0.2) is 71.6 Å². The van der Waals surface area contributed by atoms with Gasteiger partial charge in [0.15, 0.2) is 0 Å². The number of aromatic nitrogens is 6. The molecule has 0 unspecified atom stereocenters. The Morgan fingerprint density at radius 2 is 2.07 bits per heavy atom. The normalized spacial score (nSPS) is 15.3. The van der Waals surface area contributed by atoms with Crippen LogP contribution in [0.15, 0.2) is 34.3 Å². The van der Waals surface area contributed by atoms with Crippen molar-refractivity contribution in [3.63, 3.8) is 0 Å². The quantitative estimate of drug-likeness (QED) is 0.498. The first-order valence-corrected chi connectivity index (χ1v) is 10.1. The van der Waals surface area contributed by atoms with Gasteiger partial charge in [-0.3, -0.25) is 9.69 Å². The summed E-state index contributed by atoms with van der Waals surface area (Å²) in [6, 6.07) is 5.76. The van der Waals surface area contributed by atoms with Gasteiger partial charge >= 0.3 is 0 Å². The highest BCUT2D eigenvalue weighted by Crippen LogP contribution is 2.21. The standard InChI is InChI=1S/C18H18N8O2S/c1-12-4-5-19-18-21-16(22-26(12)18)17(27)25-8-6-24(7-9-25)11-14-20-15(23-28-14)13-3-2-10-29-13/h2-5,10H,6-9,11H2,1H3. The predicted molar refractivity (Wildman–Crippen MR) is 104 cm³/mol. The van der Waals surface area contributed by atoms with Crippen molar-refractivity contribution >= 4 is 23.0 Å². The zero-order valence-corrected chi connectivity index (χ0v) is 16.5. The number of carbonyl (C=O) groups is 1. The number of amides is 1. The van der Waals surface area contributed by atoms with Gasteiger partial charge in [-0.15, -0.1) is 16.4 Å². The minimum absolute atomic E-state index is 0.174. The van der Waals surface area contributed by atoms with Crippen LogP contribution in [0.1, 0.15) is 22.2 Å². The summed E-state index contributed by atoms with van der Waals surface area (Å²) in [5.74, 6) is 1.64. The molecular formula is C18H18N8O2S. The number of aryl methyl sites for hydroxylation is 1. The molecule has 0 aliphatic carbocycles. The van der Waals surface area contributed by atoms with E-state index in [4.69, 9.17) is 4.52 Å². The Morgan fingerprint density at radius 3 is 2.83 bits per heavy atom. The molecule has 5 heterocycles. The zero-order chi connectivity index (χ0) is 19.8. The Balaban J connectivity index is 1.21. The molecule has 1 aliphatic rings. The number of hydrogen-bond acceptors (Lipinski definition) is 9. The smallest absolute Gasteiger partial charge is 0.293 e. The summed E-state index contributed by atoms with van der Waals surface area (Å²) in [4.78, 5) is 30.6. The maximum absolute atomic E-state index is 12.8. The summed E-state index contributed by atoms with van der Waals surface area (Å²) in [5.41, 5.74) is 0.882. The second-order valence-electron chi connectivity index (χ2n) is 6.79. The fourth-order valence-corrected chi connectivity index (χ4v) is 3.91. The molecule has 0 bridgehead atoms. The number of nitrogens with zero attached hydrogens (tertiary/aromatic N) is 8. The van der Waals surface area contributed by atoms with Gasteiger partial charge in [0.25, 0.3) is 11.7 Å². The molecule has 1 aliphatic heterocycles. The van der Waals surface area contributed by atoms with E-state index in [0.29, 0.717) is 50.2 Å². The first-order chi connectivity index (χ1) is 14.2. The largest absolute Gasteiger partial charge is 0.338 e. The van der Waals surface area contributed by atoms with Gasteiger partial charge in [0.1, 0.15) is 0 Å². The lowest BCUT2D eigenvalue weighted by Gasteiger charge is -2.33. The average molecular weight is 410 g/mol. The lowest BCUT2D eigenvalue weighted by molar-refractivity contribution is 0.0603. The molecule has 0 saturated carbocycles. The van der Waals surface area contributed by atoms with Gasteiger partial charge in [0, 0.05) is 38.1 Å². The SMILES string of the molecule is Cc1ccnc2nc(C(=O)N3CCN(Cc4nc(-c5cccs5)no4)CC3)nn12. The fourth-order valence-electron chi connectivity index (χ4n) is 3.26. The maximum atomic E-state index is 12.8. The van der Waals surface area contributed by atoms with Crippen molar-refractivity contribution in [1.82, 2.24) is 39.5 Å². The van der Waals surface area contributed by atoms with Crippen LogP contribution in [0.2, 0.25) is 0 Å². The van der Waals surface area contributed by atoms with Crippen LogP contribution in [0.25, 0.3) is 16.5 Å². The molecule has 10 nitrogen and oxygen atoms in total. The lowest BCUT2D eigenvalue weighted by atomic mass is 10.3. The monoisotopic (exact) mass is 410 g/mol. The molecule has 4 aromatic rings. The van der Waals surface area contributed by atoms with Crippen LogP contribution in [0.5, 0.6) is 0 Å². The Morgan fingerprint density at radius 1 is 1.21 bits per heavy atom. The van der Waals surface area contributed by atoms with Gasteiger partial charge in [-0.1, -0.05) is 11.2 Å². The summed E-state index contributed by atoms with van der Waals surface area (Å²) in [6.45, 7) is 5.08. The lowest BCUT2D eigenvalue weighted by Crippen LogP contribution is -2.48. The molecule has 0 N–H and O–H groups in total. The molecule has 5 rings (SSSR count). The van der Waals surface area contributed by atoms with Crippen molar-refractivity contribution in [3.8, 4) is 10.7 Å². The third-order valence-electron chi connectivity index (χ3n) is 4.85. The number of rotatable bonds is 4. The van der Waals surface area contributed by atoms with Gasteiger partial charge in [0.05, 0.1) is 11.4 Å². The Labute approximate surface area is 169 Å². The minimum atomic E-state index is -0.174. The van der Waals surface area contributed by atoms with Crippen LogP contribution in [0.4, 0.5) is 0 Å². The first kappa shape index (κ1) is 17.9. The van der Waals surface area contributed by atoms with Crippen molar-refractivity contribution in [2.24, 2.45) is 0 Å². The molecule has 1 fully saturated rings. The molecule has 0 atom stereocenters. The van der Waals surface area contributed by atoms with Crippen LogP contribution in [0.3, 0.4) is 0 Å². The van der Waals surface area contributed by atoms with Crippen LogP contribution in [-0.2, 0) is 6.54 Å². The highest BCUT2D eigenvalue weighted by Gasteiger charge is 2.26. The molecule has 4 aromatic heterocycles. The average Bonchev–Trinajstić information content (AvgIpc) is 3.48. The van der Waals surface area contributed by atoms with Gasteiger partial charge in [-0.05, 0) is 24.4 Å². The number of piperazine rings is 1. The zero-order valence-electron chi connectivity index (χ0n) is 15.7. The van der Waals surface area contributed by atoms with Crippen molar-refractivity contribution < 1.29 is 9.32 Å². The Kier molecular flexibility index (Phi) is 4.52. The second-order valence-corrected chi connectivity index (χ2v) is 7.74. The highest BCUT2D eigenvalue weighted by atomic mass is 32.1. The highest BCUT2D eigenvalue weighted by molar-refractivity contribution is 7.13. The minimum Gasteiger partial charge on any atom is -0.338 e. The molecular weight excluding hydrogens is 392 g/mol. The fraction of sp³-hybridized carbons (Fsp3) is 0.333. The third kappa shape index (κ3) is 3.49. The van der Waals surface area contributed by atoms with Crippen LogP contribution >= 0.6 is 11.3 Å². The Bertz CT molecular complexity index is 1140. The molecule has 1 saturated heterocycles. The molecule has 0 radical (unpaired) electrons. The van der Waals surface area contributed by atoms with Crippen LogP contribution < -0.4 is 0 Å². The summed E-state index contributed by atoms with van der Waals surface area (Å²) in [7, 11) is 0. The molecule has 11 heteroatoms. The topological polar surface area (TPSA) is 106 Å². The number of fused-ring (bicyclic) bond motifs is 1. The Hall–Kier alpha value is -3.18. The third-order valence-corrected chi connectivity index (χ3v) is 5.72. The summed E-state index contributed by atoms with van der Waals surface area (Å²) in [6.07, 6.45) is 1.66. The molecule has 148 valence electrons. The second kappa shape index (κ2) is 7.33. The maximum Gasteiger partial charge on any atom is 0.293 e. The van der Waals surface area contributed by atoms with E-state index in [1.54, 1.807) is 26.9 Å². The van der Waals surface area contributed by atoms with E-state index in [-0.39, 0.29) is 11.7 Å². The number of thiophene rings is 1. The van der Waals surface area contributed by atoms with Gasteiger partial charge in [0.2, 0.25) is 17.5 Å². The molecule has 0 spiro atoms. The predicted octanol–water partition coefficient (Wildman–Crippen LogP) is 1.50. The van der Waals surface area contributed by atoms with E-state index < -0.39 is 0 Å². The van der Waals surface area contributed by atoms with E-state index in [1.807, 2.05) is 30.5 Å². The van der Waals surface area contributed by atoms with E-state index in [1.165, 1.54) is 0 Å². The van der Waals surface area contributed by atoms with Crippen molar-refractivity contribution in [2.75, 3.05) is 26.2 Å². The summed E-state index contributed by atoms with van der Waals surface area (Å²) >= 11 is 1.58. The van der Waals surface area contributed by atoms with Gasteiger partial charge in [-0.25, -0.2) is 9.50 Å². The molecule has 29 heavy (non-hydrogen) atoms. The number of carbonyl (C=O) groups excluding carboxylic acids is 1. The van der Waals surface area contributed by atoms with Crippen LogP contribution in [0, 0.1) is 6.92 Å². The molecule has 0 aromatic carbocycles. The van der Waals surface area contributed by atoms with Crippen molar-refractivity contribution in [2.45, 2.75) is 13.5 Å². The van der Waals surface area contributed by atoms with Crippen molar-refractivity contribution in [1.29, 1.82) is 0 Å². The van der Waals surface area contributed by atoms with E-state index in [2.05, 4.69) is 30.1 Å². The summed E-state index contributed by atoms with van der Waals surface area (Å²) in [5, 5.41) is 10.3. The first-order valence-electron chi connectivity index (χ1n) is 9.24. The van der Waals surface area contributed by atoms with E-state index in [0.717, 1.165) is 10.6 Å². The van der Waals surface area contributed by atoms with E-state index >= 15 is 0 Å². The number of hydrogen-bond donors (Lipinski definition) is 0. The van der Waals surface area contributed by atoms with Gasteiger partial charge < -0.3 is 9.42 Å². The molecule has 1 amide bonds.